The van der Waals surface area contributed by atoms with Crippen molar-refractivity contribution in [2.24, 2.45) is 0 Å². The molecule has 1 amide bonds. The van der Waals surface area contributed by atoms with Gasteiger partial charge in [0.15, 0.2) is 5.82 Å². The van der Waals surface area contributed by atoms with E-state index < -0.39 is 17.3 Å². The molecule has 0 aliphatic carbocycles. The van der Waals surface area contributed by atoms with Crippen LogP contribution in [0.3, 0.4) is 0 Å². The molecule has 10 heteroatoms. The summed E-state index contributed by atoms with van der Waals surface area (Å²) in [6.07, 6.45) is -0.293. The molecule has 0 unspecified atom stereocenters. The molecule has 1 aliphatic rings. The summed E-state index contributed by atoms with van der Waals surface area (Å²) in [5.74, 6) is -1.31. The van der Waals surface area contributed by atoms with E-state index in [0.29, 0.717) is 18.8 Å². The number of anilines is 1. The minimum absolute atomic E-state index is 0.0654. The van der Waals surface area contributed by atoms with Gasteiger partial charge in [0.25, 0.3) is 5.91 Å². The maximum atomic E-state index is 13.5. The molecule has 1 saturated heterocycles. The number of carbonyl (C=O) groups excluding carboxylic acids is 1. The average Bonchev–Trinajstić information content (AvgIpc) is 2.56. The number of nitrogens with zero attached hydrogens (tertiary/aromatic N) is 2. The number of hydrogen-bond donors (Lipinski definition) is 3. The Balaban J connectivity index is 1.90. The largest absolute Gasteiger partial charge is 0.469 e. The monoisotopic (exact) mass is 392 g/mol. The van der Waals surface area contributed by atoms with Crippen molar-refractivity contribution in [2.75, 3.05) is 25.6 Å². The Labute approximate surface area is 160 Å². The SMILES string of the molecule is CC(C)(O)CONC(=O)c1c(N)nc(-c2cccc(F)c2)nc1OC1COC1. The number of nitrogens with one attached hydrogen (secondary N) is 1. The summed E-state index contributed by atoms with van der Waals surface area (Å²) in [5.41, 5.74) is 7.27. The molecule has 9 nitrogen and oxygen atoms in total. The standard InChI is InChI=1S/C18H21FN4O5/c1-18(2,25)9-27-23-16(24)13-14(20)21-15(10-4-3-5-11(19)6-10)22-17(13)28-12-7-26-8-12/h3-6,12,25H,7-9H2,1-2H3,(H,23,24)(H2,20,21,22). The van der Waals surface area contributed by atoms with E-state index in [-0.39, 0.29) is 35.8 Å². The quantitative estimate of drug-likeness (QED) is 0.597. The zero-order valence-corrected chi connectivity index (χ0v) is 15.4. The number of nitrogens with two attached hydrogens (primary N) is 1. The first-order valence-corrected chi connectivity index (χ1v) is 8.55. The van der Waals surface area contributed by atoms with Crippen molar-refractivity contribution in [3.05, 3.63) is 35.6 Å². The molecule has 0 atom stereocenters. The Morgan fingerprint density at radius 3 is 2.79 bits per heavy atom. The van der Waals surface area contributed by atoms with Gasteiger partial charge in [-0.15, -0.1) is 0 Å². The fourth-order valence-electron chi connectivity index (χ4n) is 2.28. The second-order valence-corrected chi connectivity index (χ2v) is 6.93. The number of aromatic nitrogens is 2. The van der Waals surface area contributed by atoms with Crippen LogP contribution in [0.15, 0.2) is 24.3 Å². The summed E-state index contributed by atoms with van der Waals surface area (Å²) in [6.45, 7) is 3.59. The molecule has 3 rings (SSSR count). The molecule has 0 spiro atoms. The summed E-state index contributed by atoms with van der Waals surface area (Å²) < 4.78 is 24.3. The van der Waals surface area contributed by atoms with E-state index in [0.717, 1.165) is 0 Å². The number of carbonyl (C=O) groups is 1. The van der Waals surface area contributed by atoms with E-state index in [9.17, 15) is 14.3 Å². The molecular formula is C18H21FN4O5. The minimum Gasteiger partial charge on any atom is -0.469 e. The maximum Gasteiger partial charge on any atom is 0.284 e. The van der Waals surface area contributed by atoms with Crippen molar-refractivity contribution in [3.63, 3.8) is 0 Å². The third kappa shape index (κ3) is 4.91. The molecule has 0 radical (unpaired) electrons. The lowest BCUT2D eigenvalue weighted by Gasteiger charge is -2.27. The van der Waals surface area contributed by atoms with Gasteiger partial charge in [0, 0.05) is 5.56 Å². The third-order valence-electron chi connectivity index (χ3n) is 3.69. The van der Waals surface area contributed by atoms with E-state index in [1.165, 1.54) is 32.0 Å². The van der Waals surface area contributed by atoms with Crippen molar-refractivity contribution in [2.45, 2.75) is 25.6 Å². The Morgan fingerprint density at radius 1 is 1.43 bits per heavy atom. The summed E-state index contributed by atoms with van der Waals surface area (Å²) in [7, 11) is 0. The van der Waals surface area contributed by atoms with Crippen LogP contribution in [0.2, 0.25) is 0 Å². The molecule has 1 aliphatic heterocycles. The van der Waals surface area contributed by atoms with Crippen LogP contribution in [0.4, 0.5) is 10.2 Å². The van der Waals surface area contributed by atoms with E-state index in [4.69, 9.17) is 20.0 Å². The second kappa shape index (κ2) is 8.05. The zero-order chi connectivity index (χ0) is 20.3. The Hall–Kier alpha value is -2.82. The summed E-state index contributed by atoms with van der Waals surface area (Å²) in [5, 5.41) is 9.66. The smallest absolute Gasteiger partial charge is 0.284 e. The van der Waals surface area contributed by atoms with E-state index in [2.05, 4.69) is 15.4 Å². The lowest BCUT2D eigenvalue weighted by atomic mass is 10.2. The highest BCUT2D eigenvalue weighted by molar-refractivity contribution is 6.00. The highest BCUT2D eigenvalue weighted by Gasteiger charge is 2.28. The maximum absolute atomic E-state index is 13.5. The lowest BCUT2D eigenvalue weighted by molar-refractivity contribution is -0.0817. The van der Waals surface area contributed by atoms with Gasteiger partial charge in [-0.1, -0.05) is 12.1 Å². The Morgan fingerprint density at radius 2 is 2.18 bits per heavy atom. The van der Waals surface area contributed by atoms with Crippen molar-refractivity contribution < 1.29 is 28.6 Å². The molecule has 2 heterocycles. The van der Waals surface area contributed by atoms with Crippen LogP contribution in [0, 0.1) is 5.82 Å². The first kappa shape index (κ1) is 19.9. The van der Waals surface area contributed by atoms with Gasteiger partial charge in [0.05, 0.1) is 18.8 Å². The van der Waals surface area contributed by atoms with Crippen LogP contribution in [0.1, 0.15) is 24.2 Å². The van der Waals surface area contributed by atoms with Crippen LogP contribution < -0.4 is 16.0 Å². The van der Waals surface area contributed by atoms with Crippen LogP contribution in [0.25, 0.3) is 11.4 Å². The molecular weight excluding hydrogens is 371 g/mol. The van der Waals surface area contributed by atoms with Crippen LogP contribution in [-0.4, -0.2) is 52.5 Å². The molecule has 0 saturated carbocycles. The summed E-state index contributed by atoms with van der Waals surface area (Å²) in [6, 6.07) is 5.66. The van der Waals surface area contributed by atoms with Crippen molar-refractivity contribution in [1.29, 1.82) is 0 Å². The van der Waals surface area contributed by atoms with Crippen LogP contribution >= 0.6 is 0 Å². The van der Waals surface area contributed by atoms with Crippen LogP contribution in [-0.2, 0) is 9.57 Å². The summed E-state index contributed by atoms with van der Waals surface area (Å²) in [4.78, 5) is 25.9. The van der Waals surface area contributed by atoms with Gasteiger partial charge < -0.3 is 20.3 Å². The van der Waals surface area contributed by atoms with Gasteiger partial charge in [-0.3, -0.25) is 9.63 Å². The first-order valence-electron chi connectivity index (χ1n) is 8.55. The number of rotatable bonds is 7. The Kier molecular flexibility index (Phi) is 5.73. The van der Waals surface area contributed by atoms with Gasteiger partial charge in [0.2, 0.25) is 5.88 Å². The molecule has 1 aromatic carbocycles. The van der Waals surface area contributed by atoms with Gasteiger partial charge in [0.1, 0.15) is 29.9 Å². The van der Waals surface area contributed by atoms with E-state index >= 15 is 0 Å². The number of benzene rings is 1. The van der Waals surface area contributed by atoms with Crippen molar-refractivity contribution in [1.82, 2.24) is 15.4 Å². The molecule has 28 heavy (non-hydrogen) atoms. The normalized spacial score (nSPS) is 14.4. The first-order chi connectivity index (χ1) is 13.2. The number of nitrogen functional groups attached to an aromatic ring is 1. The third-order valence-corrected chi connectivity index (χ3v) is 3.69. The molecule has 150 valence electrons. The van der Waals surface area contributed by atoms with E-state index in [1.807, 2.05) is 0 Å². The number of ether oxygens (including phenoxy) is 2. The number of aliphatic hydroxyl groups is 1. The van der Waals surface area contributed by atoms with Crippen LogP contribution in [0.5, 0.6) is 5.88 Å². The highest BCUT2D eigenvalue weighted by Crippen LogP contribution is 2.28. The number of halogens is 1. The molecule has 4 N–H and O–H groups in total. The number of hydrogen-bond acceptors (Lipinski definition) is 8. The fourth-order valence-corrected chi connectivity index (χ4v) is 2.28. The predicted octanol–water partition coefficient (Wildman–Crippen LogP) is 1.07. The summed E-state index contributed by atoms with van der Waals surface area (Å²) >= 11 is 0. The van der Waals surface area contributed by atoms with Gasteiger partial charge in [-0.2, -0.15) is 4.98 Å². The van der Waals surface area contributed by atoms with Crippen molar-refractivity contribution >= 4 is 11.7 Å². The number of hydroxylamine groups is 1. The minimum atomic E-state index is -1.14. The lowest BCUT2D eigenvalue weighted by Crippen LogP contribution is -2.40. The van der Waals surface area contributed by atoms with Gasteiger partial charge in [-0.25, -0.2) is 14.9 Å². The predicted molar refractivity (Wildman–Crippen MR) is 96.8 cm³/mol. The topological polar surface area (TPSA) is 129 Å². The highest BCUT2D eigenvalue weighted by atomic mass is 19.1. The van der Waals surface area contributed by atoms with Gasteiger partial charge >= 0.3 is 0 Å². The fraction of sp³-hybridized carbons (Fsp3) is 0.389. The molecule has 1 fully saturated rings. The second-order valence-electron chi connectivity index (χ2n) is 6.93. The van der Waals surface area contributed by atoms with Crippen molar-refractivity contribution in [3.8, 4) is 17.3 Å². The molecule has 2 aromatic rings. The Bertz CT molecular complexity index is 868. The van der Waals surface area contributed by atoms with E-state index in [1.54, 1.807) is 6.07 Å². The number of amides is 1. The molecule has 0 bridgehead atoms. The average molecular weight is 392 g/mol. The van der Waals surface area contributed by atoms with Gasteiger partial charge in [-0.05, 0) is 26.0 Å². The zero-order valence-electron chi connectivity index (χ0n) is 15.4. The molecule has 1 aromatic heterocycles.